The van der Waals surface area contributed by atoms with Crippen molar-refractivity contribution in [3.8, 4) is 0 Å². The molecule has 0 nitrogen and oxygen atoms in total. The van der Waals surface area contributed by atoms with E-state index in [0.717, 1.165) is 6.42 Å². The smallest absolute Gasteiger partial charge is 1.00 e. The van der Waals surface area contributed by atoms with Crippen molar-refractivity contribution < 1.29 is 57.7 Å². The molecule has 5 heteroatoms. The van der Waals surface area contributed by atoms with E-state index in [2.05, 4.69) is 113 Å². The Bertz CT molecular complexity index is 743. The van der Waals surface area contributed by atoms with E-state index in [1.165, 1.54) is 23.2 Å². The molecule has 0 bridgehead atoms. The molecule has 0 aromatic heterocycles. The van der Waals surface area contributed by atoms with Gasteiger partial charge in [0.05, 0.1) is 0 Å². The SMILES string of the molecule is CC[Si](CC)(c1ccccc1)[C]1([Ti+3])C=CC(Cc2ccccc2)=C1.[Cl-].[Cl-].[Cl-]. The number of halogens is 3. The Morgan fingerprint density at radius 3 is 1.85 bits per heavy atom. The third-order valence-corrected chi connectivity index (χ3v) is 14.0. The van der Waals surface area contributed by atoms with Crippen LogP contribution in [0.4, 0.5) is 0 Å². The second-order valence-corrected chi connectivity index (χ2v) is 13.8. The minimum Gasteiger partial charge on any atom is -1.00 e. The summed E-state index contributed by atoms with van der Waals surface area (Å²) >= 11 is 2.47. The second-order valence-electron chi connectivity index (χ2n) is 6.74. The Hall–Kier alpha value is -0.279. The largest absolute Gasteiger partial charge is 1.00 e. The molecule has 2 aromatic carbocycles. The molecule has 0 heterocycles. The van der Waals surface area contributed by atoms with E-state index in [-0.39, 0.29) is 40.6 Å². The molecule has 27 heavy (non-hydrogen) atoms. The van der Waals surface area contributed by atoms with E-state index < -0.39 is 8.07 Å². The van der Waals surface area contributed by atoms with Crippen LogP contribution in [0.1, 0.15) is 19.4 Å². The fraction of sp³-hybridized carbons (Fsp3) is 0.273. The Morgan fingerprint density at radius 1 is 0.815 bits per heavy atom. The Labute approximate surface area is 195 Å². The van der Waals surface area contributed by atoms with Crippen LogP contribution in [-0.2, 0) is 26.9 Å². The number of hydrogen-bond donors (Lipinski definition) is 0. The van der Waals surface area contributed by atoms with Gasteiger partial charge in [-0.2, -0.15) is 0 Å². The van der Waals surface area contributed by atoms with Crippen LogP contribution in [0.5, 0.6) is 0 Å². The summed E-state index contributed by atoms with van der Waals surface area (Å²) in [7, 11) is -1.63. The quantitative estimate of drug-likeness (QED) is 0.382. The van der Waals surface area contributed by atoms with Crippen molar-refractivity contribution in [2.24, 2.45) is 0 Å². The van der Waals surface area contributed by atoms with Crippen LogP contribution < -0.4 is 42.4 Å². The molecular formula is C22H25Cl3SiTi. The zero-order valence-corrected chi connectivity index (χ0v) is 20.6. The van der Waals surface area contributed by atoms with Crippen molar-refractivity contribution in [2.75, 3.05) is 0 Å². The molecule has 1 aliphatic carbocycles. The van der Waals surface area contributed by atoms with Gasteiger partial charge >= 0.3 is 159 Å². The maximum Gasteiger partial charge on any atom is -1.00 e. The topological polar surface area (TPSA) is 0 Å². The first-order chi connectivity index (χ1) is 11.6. The molecule has 0 fully saturated rings. The Kier molecular flexibility index (Phi) is 11.5. The molecule has 1 unspecified atom stereocenters. The van der Waals surface area contributed by atoms with Gasteiger partial charge in [0.15, 0.2) is 0 Å². The average molecular weight is 472 g/mol. The average Bonchev–Trinajstić information content (AvgIpc) is 3.00. The first kappa shape index (κ1) is 26.7. The molecule has 0 radical (unpaired) electrons. The van der Waals surface area contributed by atoms with Crippen LogP contribution in [0.25, 0.3) is 0 Å². The van der Waals surface area contributed by atoms with E-state index >= 15 is 0 Å². The van der Waals surface area contributed by atoms with Gasteiger partial charge in [0, 0.05) is 0 Å². The molecule has 1 atom stereocenters. The standard InChI is InChI=1S/C22H25Si.3ClH.Ti/c1-3-23(4-2,21-13-9-6-10-14-21)22-16-15-20(18-22)17-19-11-7-5-8-12-19;;;;/h5-16,18H,3-4,17H2,1-2H3;3*1H;/q;;;;+3/p-3. The predicted octanol–water partition coefficient (Wildman–Crippen LogP) is -3.62. The molecule has 0 N–H and O–H groups in total. The monoisotopic (exact) mass is 470 g/mol. The molecule has 0 aliphatic heterocycles. The molecule has 0 saturated carbocycles. The normalized spacial score (nSPS) is 18.0. The molecular weight excluding hydrogens is 447 g/mol. The number of hydrogen-bond acceptors (Lipinski definition) is 0. The summed E-state index contributed by atoms with van der Waals surface area (Å²) in [6, 6.07) is 24.7. The van der Waals surface area contributed by atoms with Crippen molar-refractivity contribution >= 4 is 13.3 Å². The number of allylic oxidation sites excluding steroid dienone is 4. The maximum absolute atomic E-state index is 2.58. The van der Waals surface area contributed by atoms with Gasteiger partial charge in [-0.05, 0) is 0 Å². The van der Waals surface area contributed by atoms with Gasteiger partial charge in [-0.3, -0.25) is 0 Å². The van der Waals surface area contributed by atoms with E-state index in [1.54, 1.807) is 5.19 Å². The van der Waals surface area contributed by atoms with Gasteiger partial charge in [0.25, 0.3) is 0 Å². The van der Waals surface area contributed by atoms with Crippen LogP contribution in [0, 0.1) is 0 Å². The van der Waals surface area contributed by atoms with Crippen molar-refractivity contribution in [2.45, 2.75) is 35.7 Å². The van der Waals surface area contributed by atoms with E-state index in [0.29, 0.717) is 0 Å². The van der Waals surface area contributed by atoms with Crippen LogP contribution in [-0.4, -0.2) is 8.07 Å². The summed E-state index contributed by atoms with van der Waals surface area (Å²) in [5, 5.41) is 1.60. The van der Waals surface area contributed by atoms with E-state index in [4.69, 9.17) is 0 Å². The van der Waals surface area contributed by atoms with Gasteiger partial charge < -0.3 is 37.2 Å². The number of rotatable bonds is 6. The Morgan fingerprint density at radius 2 is 1.33 bits per heavy atom. The zero-order chi connectivity index (χ0) is 17.0. The summed E-state index contributed by atoms with van der Waals surface area (Å²) in [4.78, 5) is 0. The summed E-state index contributed by atoms with van der Waals surface area (Å²) in [5.74, 6) is 0. The van der Waals surface area contributed by atoms with Gasteiger partial charge in [0.1, 0.15) is 0 Å². The van der Waals surface area contributed by atoms with Crippen molar-refractivity contribution in [1.82, 2.24) is 0 Å². The molecule has 0 spiro atoms. The zero-order valence-electron chi connectivity index (χ0n) is 15.8. The summed E-state index contributed by atoms with van der Waals surface area (Å²) in [6.07, 6.45) is 8.49. The third-order valence-electron chi connectivity index (χ3n) is 5.55. The molecule has 1 aliphatic rings. The van der Waals surface area contributed by atoms with Crippen molar-refractivity contribution in [1.29, 1.82) is 0 Å². The van der Waals surface area contributed by atoms with Crippen LogP contribution in [0.2, 0.25) is 15.4 Å². The summed E-state index contributed by atoms with van der Waals surface area (Å²) in [5.41, 5.74) is 2.87. The Balaban J connectivity index is 0.00000225. The predicted molar refractivity (Wildman–Crippen MR) is 103 cm³/mol. The summed E-state index contributed by atoms with van der Waals surface area (Å²) in [6.45, 7) is 4.79. The molecule has 0 saturated heterocycles. The maximum atomic E-state index is 2.58. The van der Waals surface area contributed by atoms with Crippen LogP contribution in [0.15, 0.2) is 84.5 Å². The van der Waals surface area contributed by atoms with Crippen molar-refractivity contribution in [3.63, 3.8) is 0 Å². The molecule has 2 aromatic rings. The first-order valence-electron chi connectivity index (χ1n) is 8.89. The van der Waals surface area contributed by atoms with Crippen LogP contribution >= 0.6 is 0 Å². The van der Waals surface area contributed by atoms with Gasteiger partial charge in [0.2, 0.25) is 0 Å². The minimum atomic E-state index is -1.63. The second kappa shape index (κ2) is 11.7. The van der Waals surface area contributed by atoms with E-state index in [9.17, 15) is 0 Å². The van der Waals surface area contributed by atoms with Gasteiger partial charge in [-0.1, -0.05) is 0 Å². The molecule has 3 rings (SSSR count). The number of benzene rings is 2. The minimum absolute atomic E-state index is 0. The fourth-order valence-electron chi connectivity index (χ4n) is 4.11. The first-order valence-corrected chi connectivity index (χ1v) is 12.1. The van der Waals surface area contributed by atoms with E-state index in [1.807, 2.05) is 0 Å². The van der Waals surface area contributed by atoms with Gasteiger partial charge in [-0.15, -0.1) is 0 Å². The van der Waals surface area contributed by atoms with Crippen LogP contribution in [0.3, 0.4) is 0 Å². The molecule has 0 amide bonds. The summed E-state index contributed by atoms with van der Waals surface area (Å²) < 4.78 is 0.210. The molecule has 142 valence electrons. The fourth-order valence-corrected chi connectivity index (χ4v) is 11.5. The van der Waals surface area contributed by atoms with Gasteiger partial charge in [-0.25, -0.2) is 0 Å². The van der Waals surface area contributed by atoms with Crippen molar-refractivity contribution in [3.05, 3.63) is 90.0 Å². The third kappa shape index (κ3) is 5.41.